The number of carbonyl (C=O) groups is 1. The molecule has 0 saturated heterocycles. The number of hydrogen-bond donors (Lipinski definition) is 1. The minimum atomic E-state index is -0.494. The van der Waals surface area contributed by atoms with E-state index < -0.39 is 4.92 Å². The Bertz CT molecular complexity index is 419. The van der Waals surface area contributed by atoms with Crippen LogP contribution in [0.4, 0.5) is 5.00 Å². The summed E-state index contributed by atoms with van der Waals surface area (Å²) < 4.78 is 0. The molecule has 0 spiro atoms. The van der Waals surface area contributed by atoms with Gasteiger partial charge in [0.05, 0.1) is 9.80 Å². The van der Waals surface area contributed by atoms with Gasteiger partial charge in [-0.05, 0) is 12.0 Å². The number of alkyl halides is 1. The predicted molar refractivity (Wildman–Crippen MR) is 70.9 cm³/mol. The summed E-state index contributed by atoms with van der Waals surface area (Å²) in [6.45, 7) is 4.01. The topological polar surface area (TPSA) is 72.2 Å². The molecule has 5 nitrogen and oxygen atoms in total. The maximum Gasteiger partial charge on any atom is 0.324 e. The number of nitrogens with one attached hydrogen (secondary N) is 1. The molecule has 0 aliphatic carbocycles. The first-order chi connectivity index (χ1) is 7.95. The Morgan fingerprint density at radius 3 is 2.65 bits per heavy atom. The van der Waals surface area contributed by atoms with E-state index in [0.717, 1.165) is 11.3 Å². The zero-order valence-electron chi connectivity index (χ0n) is 9.47. The highest BCUT2D eigenvalue weighted by molar-refractivity contribution is 9.09. The minimum absolute atomic E-state index is 0.0173. The molecule has 1 rings (SSSR count). The molecule has 0 fully saturated rings. The van der Waals surface area contributed by atoms with Crippen LogP contribution in [-0.2, 0) is 0 Å². The number of hydrogen-bond acceptors (Lipinski definition) is 4. The lowest BCUT2D eigenvalue weighted by Gasteiger charge is -2.19. The van der Waals surface area contributed by atoms with E-state index in [-0.39, 0.29) is 17.0 Å². The molecule has 7 heteroatoms. The Balaban J connectivity index is 2.72. The Hall–Kier alpha value is -0.950. The van der Waals surface area contributed by atoms with Crippen molar-refractivity contribution in [1.82, 2.24) is 5.32 Å². The zero-order chi connectivity index (χ0) is 13.0. The fourth-order valence-corrected chi connectivity index (χ4v) is 2.80. The Kier molecular flexibility index (Phi) is 5.07. The second-order valence-corrected chi connectivity index (χ2v) is 5.58. The highest BCUT2D eigenvalue weighted by Gasteiger charge is 2.19. The van der Waals surface area contributed by atoms with Gasteiger partial charge < -0.3 is 5.32 Å². The van der Waals surface area contributed by atoms with Crippen LogP contribution in [0.2, 0.25) is 0 Å². The first kappa shape index (κ1) is 14.1. The van der Waals surface area contributed by atoms with E-state index >= 15 is 0 Å². The Labute approximate surface area is 111 Å². The van der Waals surface area contributed by atoms with E-state index in [4.69, 9.17) is 0 Å². The highest BCUT2D eigenvalue weighted by atomic mass is 79.9. The van der Waals surface area contributed by atoms with Crippen molar-refractivity contribution < 1.29 is 9.72 Å². The van der Waals surface area contributed by atoms with Gasteiger partial charge in [-0.25, -0.2) is 0 Å². The summed E-state index contributed by atoms with van der Waals surface area (Å²) in [7, 11) is 0. The van der Waals surface area contributed by atoms with Crippen molar-refractivity contribution in [2.45, 2.75) is 19.9 Å². The molecule has 1 heterocycles. The molecule has 0 aliphatic heterocycles. The molecule has 0 radical (unpaired) electrons. The molecule has 0 aromatic carbocycles. The highest BCUT2D eigenvalue weighted by Crippen LogP contribution is 2.24. The number of carbonyl (C=O) groups excluding carboxylic acids is 1. The smallest absolute Gasteiger partial charge is 0.324 e. The second-order valence-electron chi connectivity index (χ2n) is 3.87. The molecule has 1 amide bonds. The van der Waals surface area contributed by atoms with Gasteiger partial charge >= 0.3 is 5.00 Å². The first-order valence-corrected chi connectivity index (χ1v) is 7.00. The van der Waals surface area contributed by atoms with Crippen LogP contribution >= 0.6 is 27.3 Å². The summed E-state index contributed by atoms with van der Waals surface area (Å²) >= 11 is 4.21. The maximum absolute atomic E-state index is 11.8. The zero-order valence-corrected chi connectivity index (χ0v) is 11.9. The lowest BCUT2D eigenvalue weighted by molar-refractivity contribution is -0.380. The number of thiophene rings is 1. The van der Waals surface area contributed by atoms with E-state index in [1.54, 1.807) is 0 Å². The van der Waals surface area contributed by atoms with Gasteiger partial charge in [-0.15, -0.1) is 0 Å². The number of amides is 1. The lowest BCUT2D eigenvalue weighted by atomic mass is 10.1. The van der Waals surface area contributed by atoms with Crippen LogP contribution in [0.1, 0.15) is 23.5 Å². The third-order valence-corrected chi connectivity index (χ3v) is 4.02. The van der Waals surface area contributed by atoms with E-state index in [1.165, 1.54) is 12.1 Å². The summed E-state index contributed by atoms with van der Waals surface area (Å²) in [5, 5.41) is 14.0. The average molecular weight is 321 g/mol. The van der Waals surface area contributed by atoms with Crippen LogP contribution < -0.4 is 5.32 Å². The van der Waals surface area contributed by atoms with Crippen LogP contribution in [-0.4, -0.2) is 22.2 Å². The van der Waals surface area contributed by atoms with E-state index in [1.807, 2.05) is 13.8 Å². The summed E-state index contributed by atoms with van der Waals surface area (Å²) in [5.74, 6) is 0.0366. The lowest BCUT2D eigenvalue weighted by Crippen LogP contribution is -2.39. The molecular weight excluding hydrogens is 308 g/mol. The Morgan fingerprint density at radius 2 is 2.24 bits per heavy atom. The van der Waals surface area contributed by atoms with Crippen molar-refractivity contribution in [3.05, 3.63) is 27.1 Å². The summed E-state index contributed by atoms with van der Waals surface area (Å²) in [4.78, 5) is 22.2. The molecule has 1 unspecified atom stereocenters. The van der Waals surface area contributed by atoms with Gasteiger partial charge in [0, 0.05) is 17.4 Å². The van der Waals surface area contributed by atoms with Gasteiger partial charge in [-0.2, -0.15) is 0 Å². The quantitative estimate of drug-likeness (QED) is 0.515. The van der Waals surface area contributed by atoms with Gasteiger partial charge in [-0.3, -0.25) is 14.9 Å². The van der Waals surface area contributed by atoms with E-state index in [9.17, 15) is 14.9 Å². The van der Waals surface area contributed by atoms with Crippen molar-refractivity contribution in [3.63, 3.8) is 0 Å². The van der Waals surface area contributed by atoms with Crippen LogP contribution in [0, 0.1) is 16.0 Å². The number of nitrogens with zero attached hydrogens (tertiary/aromatic N) is 1. The van der Waals surface area contributed by atoms with Crippen LogP contribution in [0.25, 0.3) is 0 Å². The fraction of sp³-hybridized carbons (Fsp3) is 0.500. The summed E-state index contributed by atoms with van der Waals surface area (Å²) in [5.41, 5.74) is 0. The normalized spacial score (nSPS) is 12.5. The molecular formula is C10H13BrN2O3S. The molecule has 0 aliphatic rings. The number of rotatable bonds is 5. The van der Waals surface area contributed by atoms with Crippen LogP contribution in [0.15, 0.2) is 12.1 Å². The third kappa shape index (κ3) is 3.78. The third-order valence-electron chi connectivity index (χ3n) is 2.28. The van der Waals surface area contributed by atoms with E-state index in [0.29, 0.717) is 16.1 Å². The van der Waals surface area contributed by atoms with Gasteiger partial charge in [-0.1, -0.05) is 41.1 Å². The summed E-state index contributed by atoms with van der Waals surface area (Å²) in [6.07, 6.45) is 0. The molecule has 1 atom stereocenters. The van der Waals surface area contributed by atoms with Crippen molar-refractivity contribution in [3.8, 4) is 0 Å². The van der Waals surface area contributed by atoms with E-state index in [2.05, 4.69) is 21.2 Å². The Morgan fingerprint density at radius 1 is 1.59 bits per heavy atom. The van der Waals surface area contributed by atoms with Gasteiger partial charge in [0.1, 0.15) is 0 Å². The van der Waals surface area contributed by atoms with Gasteiger partial charge in [0.2, 0.25) is 0 Å². The van der Waals surface area contributed by atoms with Crippen molar-refractivity contribution >= 4 is 38.2 Å². The number of halogens is 1. The molecule has 1 aromatic heterocycles. The van der Waals surface area contributed by atoms with Crippen molar-refractivity contribution in [2.24, 2.45) is 5.92 Å². The molecule has 1 aromatic rings. The second kappa shape index (κ2) is 6.11. The SMILES string of the molecule is CC(C)C(CBr)NC(=O)c1ccc([N+](=O)[O-])s1. The average Bonchev–Trinajstić information content (AvgIpc) is 2.74. The predicted octanol–water partition coefficient (Wildman–Crippen LogP) is 2.81. The summed E-state index contributed by atoms with van der Waals surface area (Å²) in [6, 6.07) is 2.84. The molecule has 17 heavy (non-hydrogen) atoms. The van der Waals surface area contributed by atoms with Gasteiger partial charge in [0.15, 0.2) is 0 Å². The molecule has 0 saturated carbocycles. The van der Waals surface area contributed by atoms with Gasteiger partial charge in [0.25, 0.3) is 5.91 Å². The van der Waals surface area contributed by atoms with Crippen molar-refractivity contribution in [1.29, 1.82) is 0 Å². The van der Waals surface area contributed by atoms with Crippen LogP contribution in [0.3, 0.4) is 0 Å². The van der Waals surface area contributed by atoms with Crippen molar-refractivity contribution in [2.75, 3.05) is 5.33 Å². The first-order valence-electron chi connectivity index (χ1n) is 5.06. The number of nitro groups is 1. The van der Waals surface area contributed by atoms with Crippen LogP contribution in [0.5, 0.6) is 0 Å². The maximum atomic E-state index is 11.8. The standard InChI is InChI=1S/C10H13BrN2O3S/c1-6(2)7(5-11)12-10(14)8-3-4-9(17-8)13(15)16/h3-4,6-7H,5H2,1-2H3,(H,12,14). The molecule has 94 valence electrons. The fourth-order valence-electron chi connectivity index (χ4n) is 1.17. The minimum Gasteiger partial charge on any atom is -0.348 e. The largest absolute Gasteiger partial charge is 0.348 e. The molecule has 1 N–H and O–H groups in total. The monoisotopic (exact) mass is 320 g/mol. The molecule has 0 bridgehead atoms.